The van der Waals surface area contributed by atoms with Crippen LogP contribution < -0.4 is 16.0 Å². The zero-order chi connectivity index (χ0) is 19.9. The van der Waals surface area contributed by atoms with E-state index in [2.05, 4.69) is 35.0 Å². The van der Waals surface area contributed by atoms with Gasteiger partial charge in [-0.2, -0.15) is 0 Å². The number of carbonyl (C=O) groups excluding carboxylic acids is 2. The van der Waals surface area contributed by atoms with Crippen molar-refractivity contribution in [1.82, 2.24) is 16.0 Å². The number of urea groups is 1. The molecule has 1 heterocycles. The van der Waals surface area contributed by atoms with E-state index in [4.69, 9.17) is 4.74 Å². The average molecular weight is 376 g/mol. The monoisotopic (exact) mass is 375 g/mol. The van der Waals surface area contributed by atoms with Crippen molar-refractivity contribution in [3.8, 4) is 0 Å². The van der Waals surface area contributed by atoms with Gasteiger partial charge in [0.1, 0.15) is 6.04 Å². The highest BCUT2D eigenvalue weighted by Crippen LogP contribution is 2.36. The number of nitrogens with one attached hydrogen (secondary N) is 3. The fourth-order valence-electron chi connectivity index (χ4n) is 3.50. The van der Waals surface area contributed by atoms with Crippen molar-refractivity contribution in [2.45, 2.75) is 64.5 Å². The molecule has 1 saturated heterocycles. The third-order valence-corrected chi connectivity index (χ3v) is 5.50. The van der Waals surface area contributed by atoms with Crippen molar-refractivity contribution in [1.29, 1.82) is 0 Å². The molecule has 3 amide bonds. The SMILES string of the molecule is CC[C@@H](C)NC(=O)[C@H](C)NC(=O)NCC1(c2ccccc2C)CCOCC1. The number of carbonyl (C=O) groups is 2. The third-order valence-electron chi connectivity index (χ3n) is 5.50. The van der Waals surface area contributed by atoms with E-state index in [1.54, 1.807) is 6.92 Å². The molecular weight excluding hydrogens is 342 g/mol. The number of ether oxygens (including phenoxy) is 1. The largest absolute Gasteiger partial charge is 0.381 e. The molecule has 1 aromatic rings. The molecular formula is C21H33N3O3. The van der Waals surface area contributed by atoms with Gasteiger partial charge in [-0.1, -0.05) is 31.2 Å². The van der Waals surface area contributed by atoms with E-state index in [-0.39, 0.29) is 23.4 Å². The van der Waals surface area contributed by atoms with E-state index in [9.17, 15) is 9.59 Å². The molecule has 1 aromatic carbocycles. The topological polar surface area (TPSA) is 79.5 Å². The van der Waals surface area contributed by atoms with Crippen molar-refractivity contribution in [3.05, 3.63) is 35.4 Å². The first kappa shape index (κ1) is 21.2. The molecule has 27 heavy (non-hydrogen) atoms. The third kappa shape index (κ3) is 5.70. The maximum absolute atomic E-state index is 12.4. The van der Waals surface area contributed by atoms with E-state index in [0.29, 0.717) is 19.8 Å². The van der Waals surface area contributed by atoms with Crippen LogP contribution in [0.2, 0.25) is 0 Å². The highest BCUT2D eigenvalue weighted by atomic mass is 16.5. The molecule has 0 aromatic heterocycles. The van der Waals surface area contributed by atoms with Gasteiger partial charge in [-0.3, -0.25) is 4.79 Å². The maximum Gasteiger partial charge on any atom is 0.315 e. The molecule has 0 radical (unpaired) electrons. The van der Waals surface area contributed by atoms with Gasteiger partial charge in [0.15, 0.2) is 0 Å². The van der Waals surface area contributed by atoms with Crippen LogP contribution in [0.25, 0.3) is 0 Å². The van der Waals surface area contributed by atoms with Crippen molar-refractivity contribution < 1.29 is 14.3 Å². The Morgan fingerprint density at radius 1 is 1.15 bits per heavy atom. The lowest BCUT2D eigenvalue weighted by Gasteiger charge is -2.39. The summed E-state index contributed by atoms with van der Waals surface area (Å²) in [5.41, 5.74) is 2.35. The fraction of sp³-hybridized carbons (Fsp3) is 0.619. The molecule has 1 aliphatic rings. The lowest BCUT2D eigenvalue weighted by atomic mass is 9.72. The molecule has 0 saturated carbocycles. The van der Waals surface area contributed by atoms with Crippen LogP contribution in [-0.4, -0.2) is 43.8 Å². The smallest absolute Gasteiger partial charge is 0.315 e. The van der Waals surface area contributed by atoms with Crippen molar-refractivity contribution in [2.75, 3.05) is 19.8 Å². The highest BCUT2D eigenvalue weighted by Gasteiger charge is 2.36. The number of hydrogen-bond acceptors (Lipinski definition) is 3. The van der Waals surface area contributed by atoms with E-state index in [1.807, 2.05) is 26.0 Å². The number of aryl methyl sites for hydroxylation is 1. The second kappa shape index (κ2) is 9.74. The van der Waals surface area contributed by atoms with E-state index >= 15 is 0 Å². The zero-order valence-electron chi connectivity index (χ0n) is 16.9. The van der Waals surface area contributed by atoms with E-state index < -0.39 is 6.04 Å². The molecule has 6 nitrogen and oxygen atoms in total. The van der Waals surface area contributed by atoms with Crippen LogP contribution in [-0.2, 0) is 14.9 Å². The molecule has 0 bridgehead atoms. The summed E-state index contributed by atoms with van der Waals surface area (Å²) < 4.78 is 5.56. The Morgan fingerprint density at radius 3 is 2.44 bits per heavy atom. The van der Waals surface area contributed by atoms with E-state index in [1.165, 1.54) is 11.1 Å². The second-order valence-electron chi connectivity index (χ2n) is 7.57. The number of rotatable bonds is 7. The van der Waals surface area contributed by atoms with Gasteiger partial charge in [-0.05, 0) is 51.2 Å². The van der Waals surface area contributed by atoms with Gasteiger partial charge in [0.05, 0.1) is 0 Å². The Kier molecular flexibility index (Phi) is 7.66. The lowest BCUT2D eigenvalue weighted by molar-refractivity contribution is -0.123. The molecule has 6 heteroatoms. The van der Waals surface area contributed by atoms with Crippen LogP contribution in [0.4, 0.5) is 4.79 Å². The first-order valence-electron chi connectivity index (χ1n) is 9.86. The number of amides is 3. The first-order valence-corrected chi connectivity index (χ1v) is 9.86. The Hall–Kier alpha value is -2.08. The van der Waals surface area contributed by atoms with Crippen molar-refractivity contribution in [2.24, 2.45) is 0 Å². The molecule has 0 spiro atoms. The molecule has 2 atom stereocenters. The minimum Gasteiger partial charge on any atom is -0.381 e. The standard InChI is InChI=1S/C21H33N3O3/c1-5-16(3)23-19(25)17(4)24-20(26)22-14-21(10-12-27-13-11-21)18-9-7-6-8-15(18)2/h6-9,16-17H,5,10-14H2,1-4H3,(H,23,25)(H2,22,24,26)/t16-,17+/m1/s1. The Balaban J connectivity index is 1.98. The van der Waals surface area contributed by atoms with E-state index in [0.717, 1.165) is 19.3 Å². The summed E-state index contributed by atoms with van der Waals surface area (Å²) in [6, 6.07) is 7.52. The summed E-state index contributed by atoms with van der Waals surface area (Å²) in [4.78, 5) is 24.5. The van der Waals surface area contributed by atoms with Crippen molar-refractivity contribution >= 4 is 11.9 Å². The number of hydrogen-bond donors (Lipinski definition) is 3. The minimum absolute atomic E-state index is 0.0939. The summed E-state index contributed by atoms with van der Waals surface area (Å²) in [5, 5.41) is 8.61. The predicted molar refractivity (Wildman–Crippen MR) is 107 cm³/mol. The lowest BCUT2D eigenvalue weighted by Crippen LogP contribution is -2.53. The molecule has 2 rings (SSSR count). The van der Waals surface area contributed by atoms with Gasteiger partial charge in [-0.25, -0.2) is 4.79 Å². The van der Waals surface area contributed by atoms with Gasteiger partial charge in [-0.15, -0.1) is 0 Å². The Bertz CT molecular complexity index is 641. The first-order chi connectivity index (χ1) is 12.9. The average Bonchev–Trinajstić information content (AvgIpc) is 2.67. The highest BCUT2D eigenvalue weighted by molar-refractivity contribution is 5.86. The van der Waals surface area contributed by atoms with Gasteiger partial charge >= 0.3 is 6.03 Å². The summed E-state index contributed by atoms with van der Waals surface area (Å²) in [6.45, 7) is 9.65. The quantitative estimate of drug-likeness (QED) is 0.685. The van der Waals surface area contributed by atoms with Crippen LogP contribution in [0.1, 0.15) is 51.2 Å². The van der Waals surface area contributed by atoms with Crippen molar-refractivity contribution in [3.63, 3.8) is 0 Å². The molecule has 0 aliphatic carbocycles. The summed E-state index contributed by atoms with van der Waals surface area (Å²) in [7, 11) is 0. The van der Waals surface area contributed by atoms with Gasteiger partial charge in [0, 0.05) is 31.2 Å². The number of benzene rings is 1. The summed E-state index contributed by atoms with van der Waals surface area (Å²) in [5.74, 6) is -0.167. The van der Waals surface area contributed by atoms with Crippen LogP contribution in [0.5, 0.6) is 0 Å². The molecule has 1 aliphatic heterocycles. The summed E-state index contributed by atoms with van der Waals surface area (Å²) >= 11 is 0. The van der Waals surface area contributed by atoms with Gasteiger partial charge < -0.3 is 20.7 Å². The molecule has 0 unspecified atom stereocenters. The normalized spacial score (nSPS) is 18.2. The molecule has 1 fully saturated rings. The maximum atomic E-state index is 12.4. The Labute approximate surface area is 162 Å². The Morgan fingerprint density at radius 2 is 1.81 bits per heavy atom. The van der Waals surface area contributed by atoms with Gasteiger partial charge in [0.25, 0.3) is 0 Å². The minimum atomic E-state index is -0.580. The van der Waals surface area contributed by atoms with Crippen LogP contribution >= 0.6 is 0 Å². The fourth-order valence-corrected chi connectivity index (χ4v) is 3.50. The second-order valence-corrected chi connectivity index (χ2v) is 7.57. The van der Waals surface area contributed by atoms with Crippen LogP contribution in [0.15, 0.2) is 24.3 Å². The summed E-state index contributed by atoms with van der Waals surface area (Å²) in [6.07, 6.45) is 2.58. The molecule has 3 N–H and O–H groups in total. The predicted octanol–water partition coefficient (Wildman–Crippen LogP) is 2.65. The van der Waals surface area contributed by atoms with Gasteiger partial charge in [0.2, 0.25) is 5.91 Å². The van der Waals surface area contributed by atoms with Crippen LogP contribution in [0, 0.1) is 6.92 Å². The molecule has 150 valence electrons. The zero-order valence-corrected chi connectivity index (χ0v) is 16.9. The van der Waals surface area contributed by atoms with Crippen LogP contribution in [0.3, 0.4) is 0 Å².